The number of H-pyrrole nitrogens is 1. The molecule has 0 spiro atoms. The highest BCUT2D eigenvalue weighted by Crippen LogP contribution is 2.22. The van der Waals surface area contributed by atoms with Crippen LogP contribution in [0.15, 0.2) is 12.3 Å². The highest BCUT2D eigenvalue weighted by molar-refractivity contribution is 5.97. The first-order valence-corrected chi connectivity index (χ1v) is 7.57. The van der Waals surface area contributed by atoms with Crippen molar-refractivity contribution in [2.75, 3.05) is 6.61 Å². The van der Waals surface area contributed by atoms with E-state index in [2.05, 4.69) is 4.98 Å². The zero-order valence-electron chi connectivity index (χ0n) is 13.2. The van der Waals surface area contributed by atoms with Crippen molar-refractivity contribution in [3.63, 3.8) is 0 Å². The van der Waals surface area contributed by atoms with Crippen LogP contribution in [0.3, 0.4) is 0 Å². The Bertz CT molecular complexity index is 568. The number of hydrogen-bond donors (Lipinski definition) is 1. The lowest BCUT2D eigenvalue weighted by atomic mass is 9.97. The molecule has 0 unspecified atom stereocenters. The number of ether oxygens (including phenoxy) is 1. The van der Waals surface area contributed by atoms with Gasteiger partial charge in [0.15, 0.2) is 12.4 Å². The second-order valence-corrected chi connectivity index (χ2v) is 5.86. The number of esters is 1. The zero-order valence-corrected chi connectivity index (χ0v) is 13.2. The third-order valence-corrected chi connectivity index (χ3v) is 4.12. The van der Waals surface area contributed by atoms with Crippen molar-refractivity contribution in [2.24, 2.45) is 0 Å². The van der Waals surface area contributed by atoms with Crippen LogP contribution in [0.25, 0.3) is 0 Å². The number of amides is 1. The minimum Gasteiger partial charge on any atom is -0.451 e. The Morgan fingerprint density at radius 3 is 2.45 bits per heavy atom. The number of likely N-dealkylation sites (tertiary alicyclic amines) is 1. The Morgan fingerprint density at radius 1 is 1.27 bits per heavy atom. The van der Waals surface area contributed by atoms with E-state index in [1.807, 2.05) is 13.8 Å². The number of nitrogens with zero attached hydrogens (tertiary/aromatic N) is 1. The molecule has 6 nitrogen and oxygen atoms in total. The molecule has 1 aliphatic heterocycles. The van der Waals surface area contributed by atoms with Gasteiger partial charge in [-0.2, -0.15) is 0 Å². The molecule has 0 saturated carbocycles. The Balaban J connectivity index is 1.92. The van der Waals surface area contributed by atoms with E-state index in [-0.39, 0.29) is 36.1 Å². The molecule has 1 saturated heterocycles. The number of ketones is 1. The molecule has 1 aromatic heterocycles. The summed E-state index contributed by atoms with van der Waals surface area (Å²) < 4.78 is 5.06. The lowest BCUT2D eigenvalue weighted by molar-refractivity contribution is -0.140. The fraction of sp³-hybridized carbons (Fsp3) is 0.562. The first-order valence-electron chi connectivity index (χ1n) is 7.57. The molecule has 6 heteroatoms. The molecular weight excluding hydrogens is 284 g/mol. The van der Waals surface area contributed by atoms with Crippen LogP contribution in [0.4, 0.5) is 0 Å². The molecule has 0 bridgehead atoms. The topological polar surface area (TPSA) is 79.5 Å². The molecule has 2 rings (SSSR count). The Labute approximate surface area is 129 Å². The van der Waals surface area contributed by atoms with Gasteiger partial charge in [0.25, 0.3) is 5.91 Å². The average molecular weight is 306 g/mol. The number of rotatable bonds is 4. The second kappa shape index (κ2) is 6.77. The molecule has 1 fully saturated rings. The molecule has 0 aromatic carbocycles. The van der Waals surface area contributed by atoms with E-state index >= 15 is 0 Å². The number of aromatic amines is 1. The summed E-state index contributed by atoms with van der Waals surface area (Å²) in [7, 11) is 0. The second-order valence-electron chi connectivity index (χ2n) is 5.86. The maximum Gasteiger partial charge on any atom is 0.355 e. The van der Waals surface area contributed by atoms with E-state index in [1.54, 1.807) is 4.90 Å². The van der Waals surface area contributed by atoms with Crippen molar-refractivity contribution >= 4 is 17.7 Å². The Hall–Kier alpha value is -2.11. The third kappa shape index (κ3) is 3.55. The predicted molar refractivity (Wildman–Crippen MR) is 80.7 cm³/mol. The molecule has 22 heavy (non-hydrogen) atoms. The van der Waals surface area contributed by atoms with Gasteiger partial charge in [-0.05, 0) is 46.1 Å². The van der Waals surface area contributed by atoms with Gasteiger partial charge in [0, 0.05) is 23.8 Å². The van der Waals surface area contributed by atoms with E-state index in [0.717, 1.165) is 19.3 Å². The number of nitrogens with one attached hydrogen (secondary N) is 1. The summed E-state index contributed by atoms with van der Waals surface area (Å²) in [4.78, 5) is 39.8. The van der Waals surface area contributed by atoms with Crippen LogP contribution in [0.2, 0.25) is 0 Å². The van der Waals surface area contributed by atoms with Crippen LogP contribution < -0.4 is 0 Å². The summed E-state index contributed by atoms with van der Waals surface area (Å²) >= 11 is 0. The van der Waals surface area contributed by atoms with Crippen LogP contribution in [0.1, 0.15) is 60.9 Å². The number of Topliss-reactive ketones (excluding diaryl/α,β-unsaturated/α-hetero) is 1. The molecule has 1 N–H and O–H groups in total. The van der Waals surface area contributed by atoms with Gasteiger partial charge >= 0.3 is 5.97 Å². The summed E-state index contributed by atoms with van der Waals surface area (Å²) in [6.07, 6.45) is 4.52. The van der Waals surface area contributed by atoms with Crippen LogP contribution in [0.5, 0.6) is 0 Å². The van der Waals surface area contributed by atoms with E-state index < -0.39 is 5.97 Å². The third-order valence-electron chi connectivity index (χ3n) is 4.12. The number of piperidine rings is 1. The average Bonchev–Trinajstić information content (AvgIpc) is 2.94. The van der Waals surface area contributed by atoms with E-state index in [9.17, 15) is 14.4 Å². The standard InChI is InChI=1S/C16H22N2O4/c1-10-5-4-6-11(2)18(10)15(20)9-22-16(21)14-7-13(8-17-14)12(3)19/h7-8,10-11,17H,4-6,9H2,1-3H3/t10-,11+. The lowest BCUT2D eigenvalue weighted by Gasteiger charge is -2.38. The van der Waals surface area contributed by atoms with Crippen LogP contribution in [-0.4, -0.2) is 46.2 Å². The molecule has 120 valence electrons. The normalized spacial score (nSPS) is 21.5. The maximum absolute atomic E-state index is 12.3. The molecule has 1 aromatic rings. The SMILES string of the molecule is CC(=O)c1c[nH]c(C(=O)OCC(=O)N2[C@H](C)CCC[C@@H]2C)c1. The van der Waals surface area contributed by atoms with Crippen LogP contribution >= 0.6 is 0 Å². The van der Waals surface area contributed by atoms with Crippen LogP contribution in [-0.2, 0) is 9.53 Å². The van der Waals surface area contributed by atoms with E-state index in [1.165, 1.54) is 19.2 Å². The minimum absolute atomic E-state index is 0.137. The van der Waals surface area contributed by atoms with Crippen molar-refractivity contribution in [3.05, 3.63) is 23.5 Å². The predicted octanol–water partition coefficient (Wildman–Crippen LogP) is 2.16. The molecule has 2 atom stereocenters. The van der Waals surface area contributed by atoms with E-state index in [4.69, 9.17) is 4.74 Å². The van der Waals surface area contributed by atoms with Crippen molar-refractivity contribution in [1.29, 1.82) is 0 Å². The molecular formula is C16H22N2O4. The minimum atomic E-state index is -0.627. The van der Waals surface area contributed by atoms with Gasteiger partial charge in [-0.1, -0.05) is 0 Å². The first kappa shape index (κ1) is 16.3. The molecule has 1 amide bonds. The lowest BCUT2D eigenvalue weighted by Crippen LogP contribution is -2.49. The molecule has 2 heterocycles. The summed E-state index contributed by atoms with van der Waals surface area (Å²) in [6, 6.07) is 1.77. The summed E-state index contributed by atoms with van der Waals surface area (Å²) in [5, 5.41) is 0. The smallest absolute Gasteiger partial charge is 0.355 e. The summed E-state index contributed by atoms with van der Waals surface area (Å²) in [5.74, 6) is -0.938. The fourth-order valence-electron chi connectivity index (χ4n) is 2.91. The van der Waals surface area contributed by atoms with Gasteiger partial charge in [-0.15, -0.1) is 0 Å². The molecule has 0 radical (unpaired) electrons. The van der Waals surface area contributed by atoms with Gasteiger partial charge < -0.3 is 14.6 Å². The van der Waals surface area contributed by atoms with Crippen molar-refractivity contribution in [3.8, 4) is 0 Å². The Morgan fingerprint density at radius 2 is 1.91 bits per heavy atom. The van der Waals surface area contributed by atoms with Crippen molar-refractivity contribution in [1.82, 2.24) is 9.88 Å². The summed E-state index contributed by atoms with van der Waals surface area (Å²) in [5.41, 5.74) is 0.592. The monoisotopic (exact) mass is 306 g/mol. The highest BCUT2D eigenvalue weighted by atomic mass is 16.5. The van der Waals surface area contributed by atoms with Crippen molar-refractivity contribution in [2.45, 2.75) is 52.1 Å². The quantitative estimate of drug-likeness (QED) is 0.683. The highest BCUT2D eigenvalue weighted by Gasteiger charge is 2.29. The van der Waals surface area contributed by atoms with E-state index in [0.29, 0.717) is 5.56 Å². The molecule has 0 aliphatic carbocycles. The number of aromatic nitrogens is 1. The van der Waals surface area contributed by atoms with Gasteiger partial charge in [0.2, 0.25) is 0 Å². The van der Waals surface area contributed by atoms with Gasteiger partial charge in [0.05, 0.1) is 0 Å². The number of hydrogen-bond acceptors (Lipinski definition) is 4. The van der Waals surface area contributed by atoms with Crippen LogP contribution in [0, 0.1) is 0 Å². The van der Waals surface area contributed by atoms with Gasteiger partial charge in [-0.3, -0.25) is 9.59 Å². The van der Waals surface area contributed by atoms with Gasteiger partial charge in [0.1, 0.15) is 5.69 Å². The van der Waals surface area contributed by atoms with Crippen molar-refractivity contribution < 1.29 is 19.1 Å². The number of carbonyl (C=O) groups is 3. The largest absolute Gasteiger partial charge is 0.451 e. The fourth-order valence-corrected chi connectivity index (χ4v) is 2.91. The summed E-state index contributed by atoms with van der Waals surface area (Å²) in [6.45, 7) is 5.17. The zero-order chi connectivity index (χ0) is 16.3. The van der Waals surface area contributed by atoms with Gasteiger partial charge in [-0.25, -0.2) is 4.79 Å². The number of carbonyl (C=O) groups excluding carboxylic acids is 3. The maximum atomic E-state index is 12.3. The Kier molecular flexibility index (Phi) is 5.00. The first-order chi connectivity index (χ1) is 10.4. The molecule has 1 aliphatic rings.